The Balaban J connectivity index is 1.55. The van der Waals surface area contributed by atoms with E-state index in [1.807, 2.05) is 43.3 Å². The van der Waals surface area contributed by atoms with Crippen LogP contribution >= 0.6 is 0 Å². The van der Waals surface area contributed by atoms with Crippen LogP contribution in [0.25, 0.3) is 10.9 Å². The van der Waals surface area contributed by atoms with Gasteiger partial charge in [-0.05, 0) is 30.7 Å². The van der Waals surface area contributed by atoms with Gasteiger partial charge in [0.15, 0.2) is 0 Å². The van der Waals surface area contributed by atoms with Crippen LogP contribution in [-0.2, 0) is 4.74 Å². The molecule has 2 heterocycles. The summed E-state index contributed by atoms with van der Waals surface area (Å²) in [6.45, 7) is 2.83. The van der Waals surface area contributed by atoms with Gasteiger partial charge in [0.1, 0.15) is 6.61 Å². The van der Waals surface area contributed by atoms with Crippen molar-refractivity contribution in [3.63, 3.8) is 0 Å². The smallest absolute Gasteiger partial charge is 0.414 e. The number of hydrogen-bond acceptors (Lipinski definition) is 4. The Kier molecular flexibility index (Phi) is 4.04. The standard InChI is InChI=1S/C19H18N4O3/c1-12(13-4-2-6-15(10-13)23-8-9-26-19(23)25)21-18(24)16-7-3-5-14-11-20-22-17(14)16/h2-7,10-12H,8-9H2,1H3,(H,20,22)(H,21,24). The third-order valence-corrected chi connectivity index (χ3v) is 4.51. The predicted octanol–water partition coefficient (Wildman–Crippen LogP) is 3.01. The van der Waals surface area contributed by atoms with Gasteiger partial charge in [-0.15, -0.1) is 0 Å². The van der Waals surface area contributed by atoms with E-state index < -0.39 is 0 Å². The number of rotatable bonds is 4. The lowest BCUT2D eigenvalue weighted by Gasteiger charge is -2.18. The number of cyclic esters (lactones) is 1. The van der Waals surface area contributed by atoms with Crippen LogP contribution in [-0.4, -0.2) is 35.3 Å². The molecule has 132 valence electrons. The number of aromatic nitrogens is 2. The number of nitrogens with one attached hydrogen (secondary N) is 2. The van der Waals surface area contributed by atoms with Crippen molar-refractivity contribution in [1.29, 1.82) is 0 Å². The summed E-state index contributed by atoms with van der Waals surface area (Å²) in [5, 5.41) is 10.7. The topological polar surface area (TPSA) is 87.3 Å². The fourth-order valence-electron chi connectivity index (χ4n) is 3.11. The van der Waals surface area contributed by atoms with Gasteiger partial charge in [0.25, 0.3) is 5.91 Å². The summed E-state index contributed by atoms with van der Waals surface area (Å²) in [5.41, 5.74) is 2.94. The van der Waals surface area contributed by atoms with Crippen LogP contribution in [0.4, 0.5) is 10.5 Å². The maximum Gasteiger partial charge on any atom is 0.414 e. The van der Waals surface area contributed by atoms with Gasteiger partial charge in [0, 0.05) is 11.1 Å². The lowest BCUT2D eigenvalue weighted by Crippen LogP contribution is -2.27. The molecule has 1 aliphatic heterocycles. The molecule has 3 aromatic rings. The van der Waals surface area contributed by atoms with Crippen LogP contribution in [0.2, 0.25) is 0 Å². The predicted molar refractivity (Wildman–Crippen MR) is 97.1 cm³/mol. The van der Waals surface area contributed by atoms with Crippen molar-refractivity contribution in [2.75, 3.05) is 18.1 Å². The average molecular weight is 350 g/mol. The number of para-hydroxylation sites is 1. The van der Waals surface area contributed by atoms with Crippen LogP contribution < -0.4 is 10.2 Å². The number of H-pyrrole nitrogens is 1. The van der Waals surface area contributed by atoms with Gasteiger partial charge < -0.3 is 10.1 Å². The highest BCUT2D eigenvalue weighted by atomic mass is 16.6. The Labute approximate surface area is 149 Å². The molecule has 1 aliphatic rings. The highest BCUT2D eigenvalue weighted by Crippen LogP contribution is 2.24. The van der Waals surface area contributed by atoms with Crippen LogP contribution in [0.3, 0.4) is 0 Å². The third kappa shape index (κ3) is 2.88. The molecular weight excluding hydrogens is 332 g/mol. The molecule has 1 atom stereocenters. The molecule has 0 spiro atoms. The molecule has 7 nitrogen and oxygen atoms in total. The largest absolute Gasteiger partial charge is 0.447 e. The number of ether oxygens (including phenoxy) is 1. The molecule has 0 radical (unpaired) electrons. The number of carbonyl (C=O) groups excluding carboxylic acids is 2. The summed E-state index contributed by atoms with van der Waals surface area (Å²) in [7, 11) is 0. The van der Waals surface area contributed by atoms with Crippen molar-refractivity contribution < 1.29 is 14.3 Å². The van der Waals surface area contributed by atoms with E-state index in [9.17, 15) is 9.59 Å². The second-order valence-electron chi connectivity index (χ2n) is 6.20. The molecule has 1 saturated heterocycles. The highest BCUT2D eigenvalue weighted by molar-refractivity contribution is 6.05. The minimum absolute atomic E-state index is 0.182. The Morgan fingerprint density at radius 2 is 2.15 bits per heavy atom. The zero-order valence-electron chi connectivity index (χ0n) is 14.2. The van der Waals surface area contributed by atoms with Gasteiger partial charge in [-0.3, -0.25) is 14.8 Å². The van der Waals surface area contributed by atoms with Gasteiger partial charge in [0.2, 0.25) is 0 Å². The molecular formula is C19H18N4O3. The first-order valence-electron chi connectivity index (χ1n) is 8.41. The van der Waals surface area contributed by atoms with E-state index in [2.05, 4.69) is 15.5 Å². The van der Waals surface area contributed by atoms with Crippen molar-refractivity contribution in [3.05, 3.63) is 59.8 Å². The Bertz CT molecular complexity index is 982. The monoisotopic (exact) mass is 350 g/mol. The van der Waals surface area contributed by atoms with Crippen molar-refractivity contribution in [3.8, 4) is 0 Å². The molecule has 26 heavy (non-hydrogen) atoms. The van der Waals surface area contributed by atoms with E-state index in [0.717, 1.165) is 16.6 Å². The molecule has 2 amide bonds. The van der Waals surface area contributed by atoms with Gasteiger partial charge in [0.05, 0.1) is 29.9 Å². The zero-order valence-corrected chi connectivity index (χ0v) is 14.2. The lowest BCUT2D eigenvalue weighted by atomic mass is 10.1. The molecule has 0 bridgehead atoms. The second-order valence-corrected chi connectivity index (χ2v) is 6.20. The molecule has 1 aromatic heterocycles. The van der Waals surface area contributed by atoms with Gasteiger partial charge in [-0.25, -0.2) is 4.79 Å². The van der Waals surface area contributed by atoms with Gasteiger partial charge in [-0.1, -0.05) is 24.3 Å². The molecule has 1 unspecified atom stereocenters. The molecule has 2 N–H and O–H groups in total. The Morgan fingerprint density at radius 1 is 1.31 bits per heavy atom. The van der Waals surface area contributed by atoms with E-state index in [-0.39, 0.29) is 18.0 Å². The molecule has 0 aliphatic carbocycles. The maximum absolute atomic E-state index is 12.7. The minimum atomic E-state index is -0.343. The van der Waals surface area contributed by atoms with Crippen LogP contribution in [0.15, 0.2) is 48.7 Å². The fraction of sp³-hybridized carbons (Fsp3) is 0.211. The van der Waals surface area contributed by atoms with Crippen LogP contribution in [0.1, 0.15) is 28.9 Å². The van der Waals surface area contributed by atoms with E-state index in [0.29, 0.717) is 24.2 Å². The Morgan fingerprint density at radius 3 is 2.96 bits per heavy atom. The zero-order chi connectivity index (χ0) is 18.1. The normalized spacial score (nSPS) is 15.1. The van der Waals surface area contributed by atoms with E-state index in [1.54, 1.807) is 17.2 Å². The molecule has 2 aromatic carbocycles. The summed E-state index contributed by atoms with van der Waals surface area (Å²) in [4.78, 5) is 26.0. The van der Waals surface area contributed by atoms with Crippen molar-refractivity contribution in [2.24, 2.45) is 0 Å². The first-order chi connectivity index (χ1) is 12.6. The first kappa shape index (κ1) is 16.1. The number of nitrogens with zero attached hydrogens (tertiary/aromatic N) is 2. The number of carbonyl (C=O) groups is 2. The molecule has 0 saturated carbocycles. The van der Waals surface area contributed by atoms with Crippen LogP contribution in [0.5, 0.6) is 0 Å². The first-order valence-corrected chi connectivity index (χ1v) is 8.41. The van der Waals surface area contributed by atoms with Crippen molar-refractivity contribution in [2.45, 2.75) is 13.0 Å². The molecule has 1 fully saturated rings. The lowest BCUT2D eigenvalue weighted by molar-refractivity contribution is 0.0941. The van der Waals surface area contributed by atoms with E-state index >= 15 is 0 Å². The number of benzene rings is 2. The fourth-order valence-corrected chi connectivity index (χ4v) is 3.11. The summed E-state index contributed by atoms with van der Waals surface area (Å²) in [5.74, 6) is -0.182. The quantitative estimate of drug-likeness (QED) is 0.757. The second kappa shape index (κ2) is 6.51. The Hall–Kier alpha value is -3.35. The maximum atomic E-state index is 12.7. The number of hydrogen-bond donors (Lipinski definition) is 2. The van der Waals surface area contributed by atoms with E-state index in [1.165, 1.54) is 0 Å². The minimum Gasteiger partial charge on any atom is -0.447 e. The molecule has 4 rings (SSSR count). The summed E-state index contributed by atoms with van der Waals surface area (Å²) in [6.07, 6.45) is 1.35. The summed E-state index contributed by atoms with van der Waals surface area (Å²) < 4.78 is 4.98. The number of anilines is 1. The van der Waals surface area contributed by atoms with E-state index in [4.69, 9.17) is 4.74 Å². The van der Waals surface area contributed by atoms with Crippen molar-refractivity contribution in [1.82, 2.24) is 15.5 Å². The van der Waals surface area contributed by atoms with Gasteiger partial charge >= 0.3 is 6.09 Å². The number of aromatic amines is 1. The summed E-state index contributed by atoms with van der Waals surface area (Å²) >= 11 is 0. The SMILES string of the molecule is CC(NC(=O)c1cccc2cn[nH]c12)c1cccc(N2CCOC2=O)c1. The number of amides is 2. The third-order valence-electron chi connectivity index (χ3n) is 4.51. The average Bonchev–Trinajstić information content (AvgIpc) is 3.30. The highest BCUT2D eigenvalue weighted by Gasteiger charge is 2.24. The summed E-state index contributed by atoms with van der Waals surface area (Å²) in [6, 6.07) is 12.8. The number of fused-ring (bicyclic) bond motifs is 1. The van der Waals surface area contributed by atoms with Crippen LogP contribution in [0, 0.1) is 0 Å². The van der Waals surface area contributed by atoms with Crippen molar-refractivity contribution >= 4 is 28.6 Å². The van der Waals surface area contributed by atoms with Gasteiger partial charge in [-0.2, -0.15) is 5.10 Å². The molecule has 7 heteroatoms.